The van der Waals surface area contributed by atoms with Gasteiger partial charge in [0.2, 0.25) is 0 Å². The molecule has 1 fully saturated rings. The minimum atomic E-state index is -3.02. The van der Waals surface area contributed by atoms with Crippen LogP contribution < -0.4 is 14.5 Å². The van der Waals surface area contributed by atoms with Crippen LogP contribution in [0.3, 0.4) is 0 Å². The summed E-state index contributed by atoms with van der Waals surface area (Å²) >= 11 is 0. The molecule has 5 aromatic rings. The lowest BCUT2D eigenvalue weighted by molar-refractivity contribution is -0.146. The molecule has 2 N–H and O–H groups in total. The molecule has 5 atom stereocenters. The number of benzene rings is 4. The van der Waals surface area contributed by atoms with Crippen molar-refractivity contribution < 1.29 is 38.5 Å². The molecule has 3 aliphatic rings. The third-order valence-electron chi connectivity index (χ3n) is 12.1. The van der Waals surface area contributed by atoms with Crippen molar-refractivity contribution in [1.29, 1.82) is 0 Å². The zero-order valence-electron chi connectivity index (χ0n) is 33.7. The molecule has 0 bridgehead atoms. The van der Waals surface area contributed by atoms with Crippen LogP contribution >= 0.6 is 0 Å². The Balaban J connectivity index is 1.17. The molecule has 1 unspecified atom stereocenters. The summed E-state index contributed by atoms with van der Waals surface area (Å²) < 4.78 is 20.0. The van der Waals surface area contributed by atoms with Crippen molar-refractivity contribution in [3.05, 3.63) is 126 Å². The second-order valence-corrected chi connectivity index (χ2v) is 20.1. The Hall–Kier alpha value is -5.67. The van der Waals surface area contributed by atoms with Gasteiger partial charge in [0.25, 0.3) is 11.8 Å². The molecular formula is C45H49N5O8Si. The average molecular weight is 816 g/mol. The normalized spacial score (nSPS) is 21.5. The van der Waals surface area contributed by atoms with E-state index in [1.165, 1.54) is 7.11 Å². The van der Waals surface area contributed by atoms with E-state index >= 15 is 4.79 Å². The number of fused-ring (bicyclic) bond motifs is 4. The van der Waals surface area contributed by atoms with Crippen LogP contribution in [0.15, 0.2) is 103 Å². The van der Waals surface area contributed by atoms with Crippen LogP contribution in [0.1, 0.15) is 65.7 Å². The van der Waals surface area contributed by atoms with Gasteiger partial charge in [-0.05, 0) is 80.4 Å². The topological polar surface area (TPSA) is 157 Å². The van der Waals surface area contributed by atoms with E-state index < -0.39 is 25.9 Å². The maximum atomic E-state index is 15.2. The van der Waals surface area contributed by atoms with Crippen molar-refractivity contribution in [3.63, 3.8) is 0 Å². The molecule has 1 aromatic heterocycles. The van der Waals surface area contributed by atoms with Crippen LogP contribution in [-0.4, -0.2) is 77.4 Å². The van der Waals surface area contributed by atoms with Gasteiger partial charge in [0.05, 0.1) is 48.4 Å². The fourth-order valence-corrected chi connectivity index (χ4v) is 11.9. The summed E-state index contributed by atoms with van der Waals surface area (Å²) in [6, 6.07) is 29.7. The molecule has 1 saturated heterocycles. The van der Waals surface area contributed by atoms with Crippen molar-refractivity contribution >= 4 is 43.2 Å². The smallest absolute Gasteiger partial charge is 0.305 e. The van der Waals surface area contributed by atoms with Crippen LogP contribution in [-0.2, 0) is 31.2 Å². The van der Waals surface area contributed by atoms with E-state index in [4.69, 9.17) is 14.2 Å². The molecule has 4 heterocycles. The van der Waals surface area contributed by atoms with Gasteiger partial charge in [0.15, 0.2) is 19.7 Å². The largest absolute Gasteiger partial charge is 0.469 e. The first-order chi connectivity index (χ1) is 28.5. The molecule has 0 aliphatic carbocycles. The number of unbranched alkanes of at least 4 members (excludes halogenated alkanes) is 1. The SMILES string of the molecule is COC(=O)CCCCN1C(=O)[C@]2(O[C@H](CCn3cc(C(CO)c4ccccc4)nn3)[C@@H]([Si](C)(C)O)[C@@H]2C)c2cc(N3C(=O)c4ccccc4Oc4ccccc43)ccc21. The van der Waals surface area contributed by atoms with Gasteiger partial charge >= 0.3 is 5.97 Å². The number of ether oxygens (including phenoxy) is 3. The Bertz CT molecular complexity index is 2370. The summed E-state index contributed by atoms with van der Waals surface area (Å²) in [4.78, 5) is 57.0. The highest BCUT2D eigenvalue weighted by Crippen LogP contribution is 2.60. The van der Waals surface area contributed by atoms with Crippen LogP contribution in [0.4, 0.5) is 17.1 Å². The molecule has 13 nitrogen and oxygen atoms in total. The molecule has 59 heavy (non-hydrogen) atoms. The predicted molar refractivity (Wildman–Crippen MR) is 223 cm³/mol. The summed E-state index contributed by atoms with van der Waals surface area (Å²) in [5.41, 5.74) is 2.47. The third kappa shape index (κ3) is 7.24. The number of carbonyl (C=O) groups is 3. The summed E-state index contributed by atoms with van der Waals surface area (Å²) in [5, 5.41) is 19.1. The van der Waals surface area contributed by atoms with Gasteiger partial charge in [-0.1, -0.05) is 66.7 Å². The summed E-state index contributed by atoms with van der Waals surface area (Å²) in [5.74, 6) is -0.685. The lowest BCUT2D eigenvalue weighted by Gasteiger charge is -2.32. The van der Waals surface area contributed by atoms with Crippen LogP contribution in [0.5, 0.6) is 11.5 Å². The van der Waals surface area contributed by atoms with Crippen LogP contribution in [0, 0.1) is 5.92 Å². The number of hydrogen-bond donors (Lipinski definition) is 2. The number of aliphatic hydroxyl groups is 1. The number of aliphatic hydroxyl groups excluding tert-OH is 1. The van der Waals surface area contributed by atoms with E-state index in [9.17, 15) is 19.5 Å². The van der Waals surface area contributed by atoms with Crippen LogP contribution in [0.2, 0.25) is 18.6 Å². The highest BCUT2D eigenvalue weighted by atomic mass is 28.4. The molecule has 0 radical (unpaired) electrons. The van der Waals surface area contributed by atoms with E-state index in [1.807, 2.05) is 105 Å². The number of aromatic nitrogens is 3. The Morgan fingerprint density at radius 3 is 2.41 bits per heavy atom. The van der Waals surface area contributed by atoms with E-state index in [0.717, 1.165) is 5.56 Å². The van der Waals surface area contributed by atoms with Crippen molar-refractivity contribution in [3.8, 4) is 11.5 Å². The number of para-hydroxylation sites is 3. The summed E-state index contributed by atoms with van der Waals surface area (Å²) in [6.07, 6.45) is 3.01. The lowest BCUT2D eigenvalue weighted by atomic mass is 9.82. The molecule has 2 amide bonds. The van der Waals surface area contributed by atoms with Gasteiger partial charge in [-0.15, -0.1) is 5.10 Å². The van der Waals surface area contributed by atoms with Crippen molar-refractivity contribution in [1.82, 2.24) is 15.0 Å². The quantitative estimate of drug-likeness (QED) is 0.0717. The Morgan fingerprint density at radius 1 is 0.932 bits per heavy atom. The molecule has 306 valence electrons. The molecule has 3 aliphatic heterocycles. The van der Waals surface area contributed by atoms with Gasteiger partial charge in [-0.25, -0.2) is 0 Å². The Morgan fingerprint density at radius 2 is 1.66 bits per heavy atom. The number of aryl methyl sites for hydroxylation is 1. The highest BCUT2D eigenvalue weighted by Gasteiger charge is 2.66. The molecular weight excluding hydrogens is 767 g/mol. The molecule has 8 rings (SSSR count). The summed E-state index contributed by atoms with van der Waals surface area (Å²) in [6.45, 7) is 6.35. The van der Waals surface area contributed by atoms with Crippen molar-refractivity contribution in [2.75, 3.05) is 30.1 Å². The lowest BCUT2D eigenvalue weighted by Crippen LogP contribution is -2.46. The van der Waals surface area contributed by atoms with Gasteiger partial charge < -0.3 is 29.0 Å². The number of anilines is 3. The second kappa shape index (κ2) is 16.2. The average Bonchev–Trinajstić information content (AvgIpc) is 3.86. The highest BCUT2D eigenvalue weighted by molar-refractivity contribution is 6.71. The first-order valence-electron chi connectivity index (χ1n) is 20.2. The molecule has 1 spiro atoms. The second-order valence-electron chi connectivity index (χ2n) is 16.1. The number of amides is 2. The minimum Gasteiger partial charge on any atom is -0.469 e. The van der Waals surface area contributed by atoms with E-state index in [0.29, 0.717) is 77.7 Å². The summed E-state index contributed by atoms with van der Waals surface area (Å²) in [7, 11) is -1.66. The predicted octanol–water partition coefficient (Wildman–Crippen LogP) is 7.06. The first-order valence-corrected chi connectivity index (χ1v) is 23.2. The molecule has 0 saturated carbocycles. The molecule has 4 aromatic carbocycles. The number of hydrogen-bond acceptors (Lipinski definition) is 10. The number of nitrogens with zero attached hydrogens (tertiary/aromatic N) is 5. The number of carbonyl (C=O) groups excluding carboxylic acids is 3. The zero-order valence-corrected chi connectivity index (χ0v) is 34.7. The number of rotatable bonds is 13. The zero-order chi connectivity index (χ0) is 41.5. The van der Waals surface area contributed by atoms with E-state index in [-0.39, 0.29) is 42.3 Å². The fraction of sp³-hybridized carbons (Fsp3) is 0.356. The van der Waals surface area contributed by atoms with Gasteiger partial charge in [-0.3, -0.25) is 24.0 Å². The van der Waals surface area contributed by atoms with Crippen LogP contribution in [0.25, 0.3) is 0 Å². The van der Waals surface area contributed by atoms with Crippen molar-refractivity contribution in [2.24, 2.45) is 5.92 Å². The monoisotopic (exact) mass is 815 g/mol. The fourth-order valence-electron chi connectivity index (χ4n) is 9.30. The maximum Gasteiger partial charge on any atom is 0.305 e. The number of methoxy groups -OCH3 is 1. The number of esters is 1. The first kappa shape index (κ1) is 40.1. The Kier molecular flexibility index (Phi) is 11.0. The molecule has 14 heteroatoms. The van der Waals surface area contributed by atoms with Gasteiger partial charge in [0, 0.05) is 48.4 Å². The van der Waals surface area contributed by atoms with Gasteiger partial charge in [-0.2, -0.15) is 0 Å². The standard InChI is InChI=1S/C45H49N5O8Si/c1-29-42(59(3,4)55)40(23-25-48-27-35(46-47-48)33(28-51)30-14-6-5-7-15-30)58-45(29)34-26-31(21-22-36(34)49(44(45)54)24-13-12-20-41(52)56-2)50-37-17-9-11-19-39(37)57-38-18-10-8-16-32(38)43(50)53/h5-11,14-19,21-22,26-27,29,33,40,42,51,55H,12-13,20,23-25,28H2,1-4H3/t29-,33?,40+,42-,45+/m0/s1. The van der Waals surface area contributed by atoms with E-state index in [1.54, 1.807) is 32.7 Å². The Labute approximate surface area is 344 Å². The maximum absolute atomic E-state index is 15.2. The van der Waals surface area contributed by atoms with Gasteiger partial charge in [0.1, 0.15) is 5.75 Å². The third-order valence-corrected chi connectivity index (χ3v) is 14.6. The van der Waals surface area contributed by atoms with Crippen molar-refractivity contribution in [2.45, 2.75) is 75.4 Å². The minimum absolute atomic E-state index is 0.127. The van der Waals surface area contributed by atoms with E-state index in [2.05, 4.69) is 10.3 Å².